The van der Waals surface area contributed by atoms with Crippen LogP contribution in [-0.4, -0.2) is 13.3 Å². The Morgan fingerprint density at radius 2 is 1.92 bits per heavy atom. The minimum Gasteiger partial charge on any atom is -0.486 e. The lowest BCUT2D eigenvalue weighted by Crippen LogP contribution is -2.11. The highest BCUT2D eigenvalue weighted by Gasteiger charge is 2.15. The number of carbonyl (C=O) groups excluding carboxylic acids is 1. The summed E-state index contributed by atoms with van der Waals surface area (Å²) in [7, 11) is 1.19. The van der Waals surface area contributed by atoms with Crippen LogP contribution in [0.2, 0.25) is 0 Å². The summed E-state index contributed by atoms with van der Waals surface area (Å²) >= 11 is 2.03. The van der Waals surface area contributed by atoms with Crippen molar-refractivity contribution >= 4 is 28.7 Å². The summed E-state index contributed by atoms with van der Waals surface area (Å²) in [5.41, 5.74) is 0.812. The normalized spacial score (nSPS) is 10.4. The van der Waals surface area contributed by atoms with Gasteiger partial charge in [-0.15, -0.1) is 0 Å². The maximum Gasteiger partial charge on any atom is 0.513 e. The van der Waals surface area contributed by atoms with Gasteiger partial charge in [0.1, 0.15) is 18.2 Å². The average molecular weight is 448 g/mol. The van der Waals surface area contributed by atoms with Gasteiger partial charge in [0.05, 0.1) is 7.11 Å². The summed E-state index contributed by atoms with van der Waals surface area (Å²) in [5.74, 6) is -1.13. The summed E-state index contributed by atoms with van der Waals surface area (Å²) in [5, 5.41) is 0. The fourth-order valence-corrected chi connectivity index (χ4v) is 2.64. The standard InChI is InChI=1S/C17H15F2IO4/c1-3-10-7-13(19)16(8-12(10)18)23-9-11-14(20)5-4-6-15(11)24-17(21)22-2/h4-8H,3,9H2,1-2H3. The average Bonchev–Trinajstić information content (AvgIpc) is 2.56. The van der Waals surface area contributed by atoms with Crippen molar-refractivity contribution in [2.75, 3.05) is 7.11 Å². The first-order chi connectivity index (χ1) is 11.5. The topological polar surface area (TPSA) is 44.8 Å². The molecule has 0 aliphatic rings. The van der Waals surface area contributed by atoms with Gasteiger partial charge in [0.25, 0.3) is 0 Å². The van der Waals surface area contributed by atoms with Gasteiger partial charge in [0, 0.05) is 15.2 Å². The van der Waals surface area contributed by atoms with E-state index in [1.54, 1.807) is 25.1 Å². The zero-order valence-corrected chi connectivity index (χ0v) is 15.2. The van der Waals surface area contributed by atoms with Crippen LogP contribution in [0.4, 0.5) is 13.6 Å². The van der Waals surface area contributed by atoms with Crippen molar-refractivity contribution < 1.29 is 27.8 Å². The summed E-state index contributed by atoms with van der Waals surface area (Å²) in [6.45, 7) is 1.65. The van der Waals surface area contributed by atoms with E-state index in [-0.39, 0.29) is 23.7 Å². The van der Waals surface area contributed by atoms with Gasteiger partial charge in [-0.25, -0.2) is 13.6 Å². The highest BCUT2D eigenvalue weighted by Crippen LogP contribution is 2.28. The van der Waals surface area contributed by atoms with E-state index in [0.29, 0.717) is 12.0 Å². The van der Waals surface area contributed by atoms with E-state index in [0.717, 1.165) is 15.7 Å². The van der Waals surface area contributed by atoms with Crippen molar-refractivity contribution in [1.29, 1.82) is 0 Å². The summed E-state index contributed by atoms with van der Waals surface area (Å²) < 4.78 is 43.4. The molecule has 0 radical (unpaired) electrons. The smallest absolute Gasteiger partial charge is 0.486 e. The van der Waals surface area contributed by atoms with E-state index in [9.17, 15) is 13.6 Å². The molecule has 0 amide bonds. The molecule has 0 unspecified atom stereocenters. The van der Waals surface area contributed by atoms with Crippen LogP contribution in [0.5, 0.6) is 11.5 Å². The molecule has 4 nitrogen and oxygen atoms in total. The molecular formula is C17H15F2IO4. The van der Waals surface area contributed by atoms with Crippen LogP contribution >= 0.6 is 22.6 Å². The van der Waals surface area contributed by atoms with Crippen molar-refractivity contribution in [2.24, 2.45) is 0 Å². The van der Waals surface area contributed by atoms with Gasteiger partial charge in [-0.05, 0) is 52.8 Å². The first-order valence-electron chi connectivity index (χ1n) is 7.10. The molecule has 0 bridgehead atoms. The molecule has 24 heavy (non-hydrogen) atoms. The zero-order valence-electron chi connectivity index (χ0n) is 13.1. The van der Waals surface area contributed by atoms with Crippen LogP contribution in [0.1, 0.15) is 18.1 Å². The van der Waals surface area contributed by atoms with Gasteiger partial charge in [0.15, 0.2) is 11.6 Å². The summed E-state index contributed by atoms with van der Waals surface area (Å²) in [6.07, 6.45) is -0.487. The molecule has 0 aromatic heterocycles. The fourth-order valence-electron chi connectivity index (χ4n) is 2.01. The number of halogens is 3. The van der Waals surface area contributed by atoms with Crippen molar-refractivity contribution in [3.05, 3.63) is 56.7 Å². The highest BCUT2D eigenvalue weighted by atomic mass is 127. The number of carbonyl (C=O) groups is 1. The lowest BCUT2D eigenvalue weighted by molar-refractivity contribution is 0.120. The lowest BCUT2D eigenvalue weighted by atomic mass is 10.1. The van der Waals surface area contributed by atoms with Gasteiger partial charge in [0.2, 0.25) is 0 Å². The van der Waals surface area contributed by atoms with Crippen LogP contribution in [0.15, 0.2) is 30.3 Å². The van der Waals surface area contributed by atoms with Crippen LogP contribution in [-0.2, 0) is 17.8 Å². The molecule has 0 aliphatic carbocycles. The van der Waals surface area contributed by atoms with E-state index in [1.165, 1.54) is 7.11 Å². The number of hydrogen-bond donors (Lipinski definition) is 0. The molecule has 7 heteroatoms. The van der Waals surface area contributed by atoms with Crippen LogP contribution in [0.25, 0.3) is 0 Å². The van der Waals surface area contributed by atoms with E-state index in [4.69, 9.17) is 9.47 Å². The first kappa shape index (κ1) is 18.4. The SMILES string of the molecule is CCc1cc(F)c(OCc2c(I)cccc2OC(=O)OC)cc1F. The first-order valence-corrected chi connectivity index (χ1v) is 8.18. The van der Waals surface area contributed by atoms with Gasteiger partial charge in [-0.3, -0.25) is 0 Å². The number of aryl methyl sites for hydroxylation is 1. The second-order valence-electron chi connectivity index (χ2n) is 4.79. The maximum absolute atomic E-state index is 14.0. The van der Waals surface area contributed by atoms with Gasteiger partial charge >= 0.3 is 6.16 Å². The molecule has 0 N–H and O–H groups in total. The van der Waals surface area contributed by atoms with Gasteiger partial charge < -0.3 is 14.2 Å². The molecule has 2 rings (SSSR count). The largest absolute Gasteiger partial charge is 0.513 e. The molecule has 2 aromatic carbocycles. The van der Waals surface area contributed by atoms with Gasteiger partial charge in [-0.1, -0.05) is 13.0 Å². The predicted molar refractivity (Wildman–Crippen MR) is 92.3 cm³/mol. The highest BCUT2D eigenvalue weighted by molar-refractivity contribution is 14.1. The quantitative estimate of drug-likeness (QED) is 0.373. The Balaban J connectivity index is 2.23. The monoisotopic (exact) mass is 448 g/mol. The van der Waals surface area contributed by atoms with Crippen LogP contribution < -0.4 is 9.47 Å². The maximum atomic E-state index is 14.0. The minimum atomic E-state index is -0.872. The number of ether oxygens (including phenoxy) is 3. The molecule has 0 saturated carbocycles. The molecule has 0 aliphatic heterocycles. The molecule has 0 fully saturated rings. The van der Waals surface area contributed by atoms with E-state index < -0.39 is 17.8 Å². The molecule has 0 atom stereocenters. The molecule has 2 aromatic rings. The Morgan fingerprint density at radius 1 is 1.17 bits per heavy atom. The second kappa shape index (κ2) is 8.27. The third-order valence-electron chi connectivity index (χ3n) is 3.29. The molecule has 0 spiro atoms. The van der Waals surface area contributed by atoms with Crippen LogP contribution in [0.3, 0.4) is 0 Å². The lowest BCUT2D eigenvalue weighted by Gasteiger charge is -2.13. The minimum absolute atomic E-state index is 0.0900. The third kappa shape index (κ3) is 4.34. The van der Waals surface area contributed by atoms with Crippen molar-refractivity contribution in [3.8, 4) is 11.5 Å². The zero-order chi connectivity index (χ0) is 17.7. The number of hydrogen-bond acceptors (Lipinski definition) is 4. The Hall–Kier alpha value is -1.90. The summed E-state index contributed by atoms with van der Waals surface area (Å²) in [6, 6.07) is 7.17. The van der Waals surface area contributed by atoms with E-state index in [1.807, 2.05) is 22.6 Å². The molecule has 0 saturated heterocycles. The number of benzene rings is 2. The molecule has 128 valence electrons. The Labute approximate surface area is 151 Å². The molecule has 0 heterocycles. The Morgan fingerprint density at radius 3 is 2.58 bits per heavy atom. The predicted octanol–water partition coefficient (Wildman–Crippen LogP) is 4.86. The van der Waals surface area contributed by atoms with E-state index >= 15 is 0 Å². The van der Waals surface area contributed by atoms with Crippen molar-refractivity contribution in [3.63, 3.8) is 0 Å². The van der Waals surface area contributed by atoms with Crippen LogP contribution in [0, 0.1) is 15.2 Å². The van der Waals surface area contributed by atoms with Crippen molar-refractivity contribution in [1.82, 2.24) is 0 Å². The van der Waals surface area contributed by atoms with E-state index in [2.05, 4.69) is 4.74 Å². The Kier molecular flexibility index (Phi) is 6.36. The van der Waals surface area contributed by atoms with Crippen molar-refractivity contribution in [2.45, 2.75) is 20.0 Å². The fraction of sp³-hybridized carbons (Fsp3) is 0.235. The number of methoxy groups -OCH3 is 1. The van der Waals surface area contributed by atoms with Gasteiger partial charge in [-0.2, -0.15) is 0 Å². The molecular weight excluding hydrogens is 433 g/mol. The third-order valence-corrected chi connectivity index (χ3v) is 4.30. The summed E-state index contributed by atoms with van der Waals surface area (Å²) in [4.78, 5) is 11.3. The number of rotatable bonds is 5. The second-order valence-corrected chi connectivity index (χ2v) is 5.95. The Bertz CT molecular complexity index is 750.